The SMILES string of the molecule is c1cncc(-c2ccc(C(=C(c3ccc(-c4cccnc4)cc3)c3ccc(-c4cccnc4)cc3)c3ccc(-c4cccnc4)cc3)cc2)c1. The average Bonchev–Trinajstić information content (AvgIpc) is 3.22. The van der Waals surface area contributed by atoms with E-state index >= 15 is 0 Å². The predicted molar refractivity (Wildman–Crippen MR) is 204 cm³/mol. The maximum Gasteiger partial charge on any atom is 0.0346 e. The van der Waals surface area contributed by atoms with Gasteiger partial charge in [0.2, 0.25) is 0 Å². The first-order valence-electron chi connectivity index (χ1n) is 16.6. The minimum absolute atomic E-state index is 1.09. The van der Waals surface area contributed by atoms with Gasteiger partial charge in [0.05, 0.1) is 0 Å². The first kappa shape index (κ1) is 30.5. The number of hydrogen-bond donors (Lipinski definition) is 0. The molecule has 0 atom stereocenters. The largest absolute Gasteiger partial charge is 0.264 e. The summed E-state index contributed by atoms with van der Waals surface area (Å²) in [6, 6.07) is 51.5. The molecule has 0 unspecified atom stereocenters. The molecule has 4 nitrogen and oxygen atoms in total. The number of aromatic nitrogens is 4. The van der Waals surface area contributed by atoms with Crippen LogP contribution in [0.15, 0.2) is 195 Å². The lowest BCUT2D eigenvalue weighted by Gasteiger charge is -2.19. The Hall–Kier alpha value is -6.78. The van der Waals surface area contributed by atoms with Crippen LogP contribution in [0.5, 0.6) is 0 Å². The van der Waals surface area contributed by atoms with Gasteiger partial charge in [-0.2, -0.15) is 0 Å². The fourth-order valence-electron chi connectivity index (χ4n) is 6.36. The standard InChI is InChI=1S/C46H32N4/c1-5-41(29-47-25-1)33-9-17-37(18-10-33)45(38-19-11-34(12-20-38)42-6-2-26-48-30-42)46(39-21-13-35(14-22-39)43-7-3-27-49-31-43)40-23-15-36(16-24-40)44-8-4-28-50-32-44/h1-32H. The van der Waals surface area contributed by atoms with Crippen molar-refractivity contribution in [2.75, 3.05) is 0 Å². The van der Waals surface area contributed by atoms with Crippen LogP contribution in [-0.4, -0.2) is 19.9 Å². The summed E-state index contributed by atoms with van der Waals surface area (Å²) in [5.41, 5.74) is 15.6. The van der Waals surface area contributed by atoms with Crippen molar-refractivity contribution >= 4 is 11.1 Å². The molecular formula is C46H32N4. The second-order valence-corrected chi connectivity index (χ2v) is 12.0. The minimum atomic E-state index is 1.09. The maximum absolute atomic E-state index is 4.34. The van der Waals surface area contributed by atoms with Crippen molar-refractivity contribution in [1.82, 2.24) is 19.9 Å². The van der Waals surface area contributed by atoms with Crippen LogP contribution in [0.3, 0.4) is 0 Å². The molecule has 0 aliphatic carbocycles. The Morgan fingerprint density at radius 1 is 0.240 bits per heavy atom. The van der Waals surface area contributed by atoms with Gasteiger partial charge in [-0.3, -0.25) is 19.9 Å². The van der Waals surface area contributed by atoms with E-state index in [2.05, 4.69) is 141 Å². The van der Waals surface area contributed by atoms with Crippen molar-refractivity contribution in [2.24, 2.45) is 0 Å². The summed E-state index contributed by atoms with van der Waals surface area (Å²) >= 11 is 0. The smallest absolute Gasteiger partial charge is 0.0346 e. The van der Waals surface area contributed by atoms with Crippen LogP contribution in [0.25, 0.3) is 55.7 Å². The molecule has 8 aromatic rings. The molecule has 0 radical (unpaired) electrons. The van der Waals surface area contributed by atoms with Crippen molar-refractivity contribution in [3.63, 3.8) is 0 Å². The average molecular weight is 641 g/mol. The monoisotopic (exact) mass is 640 g/mol. The third kappa shape index (κ3) is 6.51. The van der Waals surface area contributed by atoms with Crippen LogP contribution in [0.1, 0.15) is 22.3 Å². The summed E-state index contributed by atoms with van der Waals surface area (Å²) in [5.74, 6) is 0. The summed E-state index contributed by atoms with van der Waals surface area (Å²) < 4.78 is 0. The van der Waals surface area contributed by atoms with Gasteiger partial charge in [0, 0.05) is 49.6 Å². The van der Waals surface area contributed by atoms with E-state index in [9.17, 15) is 0 Å². The predicted octanol–water partition coefficient (Wildman–Crippen LogP) is 10.9. The second kappa shape index (κ2) is 14.1. The van der Waals surface area contributed by atoms with Gasteiger partial charge in [0.1, 0.15) is 0 Å². The molecule has 0 aliphatic heterocycles. The third-order valence-corrected chi connectivity index (χ3v) is 8.92. The molecule has 0 amide bonds. The number of rotatable bonds is 8. The molecule has 0 aliphatic rings. The van der Waals surface area contributed by atoms with Gasteiger partial charge in [-0.25, -0.2) is 0 Å². The molecule has 236 valence electrons. The van der Waals surface area contributed by atoms with Gasteiger partial charge in [0.25, 0.3) is 0 Å². The highest BCUT2D eigenvalue weighted by Crippen LogP contribution is 2.39. The van der Waals surface area contributed by atoms with Crippen LogP contribution in [0, 0.1) is 0 Å². The van der Waals surface area contributed by atoms with Gasteiger partial charge < -0.3 is 0 Å². The highest BCUT2D eigenvalue weighted by molar-refractivity contribution is 6.05. The summed E-state index contributed by atoms with van der Waals surface area (Å²) in [6.45, 7) is 0. The Bertz CT molecular complexity index is 1990. The number of nitrogens with zero attached hydrogens (tertiary/aromatic N) is 4. The molecule has 0 spiro atoms. The Labute approximate surface area is 292 Å². The summed E-state index contributed by atoms with van der Waals surface area (Å²) in [7, 11) is 0. The van der Waals surface area contributed by atoms with E-state index < -0.39 is 0 Å². The highest BCUT2D eigenvalue weighted by atomic mass is 14.6. The minimum Gasteiger partial charge on any atom is -0.264 e. The van der Waals surface area contributed by atoms with Crippen LogP contribution >= 0.6 is 0 Å². The van der Waals surface area contributed by atoms with E-state index in [0.717, 1.165) is 77.9 Å². The third-order valence-electron chi connectivity index (χ3n) is 8.92. The molecule has 4 heteroatoms. The molecule has 4 heterocycles. The zero-order valence-electron chi connectivity index (χ0n) is 27.3. The first-order valence-corrected chi connectivity index (χ1v) is 16.6. The van der Waals surface area contributed by atoms with Crippen molar-refractivity contribution in [2.45, 2.75) is 0 Å². The lowest BCUT2D eigenvalue weighted by molar-refractivity contribution is 1.33. The van der Waals surface area contributed by atoms with Gasteiger partial charge in [-0.05, 0) is 102 Å². The van der Waals surface area contributed by atoms with E-state index in [4.69, 9.17) is 0 Å². The van der Waals surface area contributed by atoms with Crippen molar-refractivity contribution < 1.29 is 0 Å². The number of pyridine rings is 4. The van der Waals surface area contributed by atoms with Crippen molar-refractivity contribution in [3.8, 4) is 44.5 Å². The van der Waals surface area contributed by atoms with Crippen molar-refractivity contribution in [3.05, 3.63) is 217 Å². The zero-order valence-corrected chi connectivity index (χ0v) is 27.3. The van der Waals surface area contributed by atoms with Gasteiger partial charge in [-0.1, -0.05) is 121 Å². The first-order chi connectivity index (χ1) is 24.8. The van der Waals surface area contributed by atoms with E-state index in [1.54, 1.807) is 24.8 Å². The van der Waals surface area contributed by atoms with Crippen LogP contribution in [0.4, 0.5) is 0 Å². The van der Waals surface area contributed by atoms with Crippen LogP contribution in [0.2, 0.25) is 0 Å². The fraction of sp³-hybridized carbons (Fsp3) is 0. The summed E-state index contributed by atoms with van der Waals surface area (Å²) in [6.07, 6.45) is 14.8. The lowest BCUT2D eigenvalue weighted by Crippen LogP contribution is -1.98. The van der Waals surface area contributed by atoms with Gasteiger partial charge in [0.15, 0.2) is 0 Å². The summed E-state index contributed by atoms with van der Waals surface area (Å²) in [4.78, 5) is 17.4. The molecule has 8 rings (SSSR count). The topological polar surface area (TPSA) is 51.6 Å². The molecule has 0 bridgehead atoms. The molecule has 4 aromatic carbocycles. The molecule has 0 saturated carbocycles. The lowest BCUT2D eigenvalue weighted by atomic mass is 9.84. The Morgan fingerprint density at radius 2 is 0.460 bits per heavy atom. The Kier molecular flexibility index (Phi) is 8.64. The number of benzene rings is 4. The van der Waals surface area contributed by atoms with E-state index in [1.807, 2.05) is 49.1 Å². The molecule has 0 N–H and O–H groups in total. The second-order valence-electron chi connectivity index (χ2n) is 12.0. The number of hydrogen-bond acceptors (Lipinski definition) is 4. The molecule has 0 saturated heterocycles. The molecular weight excluding hydrogens is 609 g/mol. The fourth-order valence-corrected chi connectivity index (χ4v) is 6.36. The normalized spacial score (nSPS) is 10.8. The molecule has 50 heavy (non-hydrogen) atoms. The molecule has 4 aromatic heterocycles. The van der Waals surface area contributed by atoms with E-state index in [0.29, 0.717) is 0 Å². The quantitative estimate of drug-likeness (QED) is 0.155. The maximum atomic E-state index is 4.34. The molecule has 0 fully saturated rings. The highest BCUT2D eigenvalue weighted by Gasteiger charge is 2.18. The Balaban J connectivity index is 1.33. The van der Waals surface area contributed by atoms with Crippen LogP contribution < -0.4 is 0 Å². The van der Waals surface area contributed by atoms with Crippen LogP contribution in [-0.2, 0) is 0 Å². The van der Waals surface area contributed by atoms with E-state index in [-0.39, 0.29) is 0 Å². The van der Waals surface area contributed by atoms with E-state index in [1.165, 1.54) is 0 Å². The van der Waals surface area contributed by atoms with Crippen molar-refractivity contribution in [1.29, 1.82) is 0 Å². The van der Waals surface area contributed by atoms with Gasteiger partial charge in [-0.15, -0.1) is 0 Å². The van der Waals surface area contributed by atoms with Gasteiger partial charge >= 0.3 is 0 Å². The summed E-state index contributed by atoms with van der Waals surface area (Å²) in [5, 5.41) is 0. The Morgan fingerprint density at radius 3 is 0.640 bits per heavy atom. The zero-order chi connectivity index (χ0) is 33.5.